The van der Waals surface area contributed by atoms with Gasteiger partial charge in [0.05, 0.1) is 75.9 Å². The van der Waals surface area contributed by atoms with E-state index in [0.29, 0.717) is 29.5 Å². The average Bonchev–Trinajstić information content (AvgIpc) is 3.52. The van der Waals surface area contributed by atoms with Crippen molar-refractivity contribution in [2.45, 2.75) is 25.7 Å². The van der Waals surface area contributed by atoms with Crippen molar-refractivity contribution < 1.29 is 28.4 Å². The van der Waals surface area contributed by atoms with Gasteiger partial charge in [0.1, 0.15) is 0 Å². The topological polar surface area (TPSA) is 116 Å². The summed E-state index contributed by atoms with van der Waals surface area (Å²) in [6.45, 7) is 3.29. The van der Waals surface area contributed by atoms with Gasteiger partial charge in [0.25, 0.3) is 0 Å². The van der Waals surface area contributed by atoms with Crippen molar-refractivity contribution in [2.24, 2.45) is 5.73 Å². The lowest BCUT2D eigenvalue weighted by molar-refractivity contribution is 0.273. The van der Waals surface area contributed by atoms with E-state index in [9.17, 15) is 0 Å². The zero-order chi connectivity index (χ0) is 28.6. The van der Waals surface area contributed by atoms with Crippen molar-refractivity contribution >= 4 is 21.8 Å². The molecule has 4 rings (SSSR count). The molecule has 0 radical (unpaired) electrons. The van der Waals surface area contributed by atoms with E-state index in [4.69, 9.17) is 34.2 Å². The first-order valence-electron chi connectivity index (χ1n) is 13.6. The fourth-order valence-electron chi connectivity index (χ4n) is 5.53. The summed E-state index contributed by atoms with van der Waals surface area (Å²) in [5, 5.41) is 1.80. The Labute approximate surface area is 235 Å². The maximum Gasteiger partial charge on any atom is 0.173 e. The second-order valence-electron chi connectivity index (χ2n) is 9.56. The molecule has 0 spiro atoms. The Balaban J connectivity index is 1.42. The molecule has 0 atom stereocenters. The van der Waals surface area contributed by atoms with E-state index in [0.717, 1.165) is 90.0 Å². The van der Waals surface area contributed by atoms with E-state index < -0.39 is 0 Å². The summed E-state index contributed by atoms with van der Waals surface area (Å²) >= 11 is 0. The first-order chi connectivity index (χ1) is 19.5. The van der Waals surface area contributed by atoms with Crippen LogP contribution in [0.1, 0.15) is 24.2 Å². The van der Waals surface area contributed by atoms with Gasteiger partial charge in [0.2, 0.25) is 0 Å². The molecule has 0 aliphatic carbocycles. The van der Waals surface area contributed by atoms with Crippen LogP contribution in [0.5, 0.6) is 34.5 Å². The molecule has 4 aromatic rings. The van der Waals surface area contributed by atoms with Crippen molar-refractivity contribution in [3.8, 4) is 34.5 Å². The minimum absolute atomic E-state index is 0.611. The summed E-state index contributed by atoms with van der Waals surface area (Å²) in [6.07, 6.45) is 3.58. The number of methoxy groups -OCH3 is 6. The Morgan fingerprint density at radius 1 is 0.575 bits per heavy atom. The highest BCUT2D eigenvalue weighted by Gasteiger charge is 2.21. The lowest BCUT2D eigenvalue weighted by atomic mass is 10.1. The second-order valence-corrected chi connectivity index (χ2v) is 9.56. The Kier molecular flexibility index (Phi) is 9.89. The predicted octanol–water partition coefficient (Wildman–Crippen LogP) is 4.53. The Morgan fingerprint density at radius 2 is 1.00 bits per heavy atom. The number of benzene rings is 2. The summed E-state index contributed by atoms with van der Waals surface area (Å²) in [5.41, 5.74) is 9.98. The molecule has 0 fully saturated rings. The van der Waals surface area contributed by atoms with Gasteiger partial charge < -0.3 is 49.0 Å². The van der Waals surface area contributed by atoms with Gasteiger partial charge in [-0.05, 0) is 63.0 Å². The van der Waals surface area contributed by atoms with Crippen molar-refractivity contribution in [1.82, 2.24) is 14.9 Å². The average molecular weight is 555 g/mol. The summed E-state index contributed by atoms with van der Waals surface area (Å²) in [7, 11) is 9.95. The number of hydrogen-bond donors (Lipinski definition) is 3. The van der Waals surface area contributed by atoms with E-state index >= 15 is 0 Å². The van der Waals surface area contributed by atoms with Crippen LogP contribution in [0.25, 0.3) is 21.8 Å². The largest absolute Gasteiger partial charge is 0.494 e. The first-order valence-corrected chi connectivity index (χ1v) is 13.6. The molecule has 10 nitrogen and oxygen atoms in total. The van der Waals surface area contributed by atoms with Crippen molar-refractivity contribution in [3.63, 3.8) is 0 Å². The monoisotopic (exact) mass is 554 g/mol. The number of aryl methyl sites for hydroxylation is 2. The van der Waals surface area contributed by atoms with Gasteiger partial charge in [-0.2, -0.15) is 0 Å². The summed E-state index contributed by atoms with van der Waals surface area (Å²) in [5.74, 6) is 4.30. The van der Waals surface area contributed by atoms with Crippen LogP contribution >= 0.6 is 0 Å². The van der Waals surface area contributed by atoms with E-state index in [1.165, 1.54) is 0 Å². The number of rotatable bonds is 16. The van der Waals surface area contributed by atoms with Crippen molar-refractivity contribution in [1.29, 1.82) is 0 Å². The predicted molar refractivity (Wildman–Crippen MR) is 158 cm³/mol. The molecule has 0 aliphatic heterocycles. The van der Waals surface area contributed by atoms with Crippen LogP contribution in [0.2, 0.25) is 0 Å². The van der Waals surface area contributed by atoms with Gasteiger partial charge in [0, 0.05) is 13.1 Å². The van der Waals surface area contributed by atoms with E-state index in [1.807, 2.05) is 24.3 Å². The second kappa shape index (κ2) is 13.5. The third-order valence-corrected chi connectivity index (χ3v) is 7.32. The molecule has 0 saturated heterocycles. The van der Waals surface area contributed by atoms with E-state index in [2.05, 4.69) is 14.9 Å². The summed E-state index contributed by atoms with van der Waals surface area (Å²) < 4.78 is 33.9. The minimum Gasteiger partial charge on any atom is -0.494 e. The van der Waals surface area contributed by atoms with Crippen LogP contribution in [0, 0.1) is 0 Å². The molecule has 218 valence electrons. The number of aromatic nitrogens is 2. The molecule has 2 heterocycles. The van der Waals surface area contributed by atoms with Crippen LogP contribution in [-0.2, 0) is 12.8 Å². The van der Waals surface area contributed by atoms with Crippen LogP contribution in [-0.4, -0.2) is 83.7 Å². The summed E-state index contributed by atoms with van der Waals surface area (Å²) in [6, 6.07) is 7.79. The van der Waals surface area contributed by atoms with Crippen LogP contribution in [0.4, 0.5) is 0 Å². The SMILES string of the molecule is COc1ccc2[nH]c(CCCN(CCN)CCCc3[nH]c4ccc(OC)c(OC)c4c3OC)c(OC)c2c1OC. The number of aromatic amines is 2. The molecule has 0 amide bonds. The maximum absolute atomic E-state index is 5.96. The molecule has 10 heteroatoms. The van der Waals surface area contributed by atoms with Crippen LogP contribution < -0.4 is 34.2 Å². The molecule has 0 bridgehead atoms. The number of ether oxygens (including phenoxy) is 6. The molecule has 4 N–H and O–H groups in total. The van der Waals surface area contributed by atoms with Gasteiger partial charge >= 0.3 is 0 Å². The number of nitrogens with two attached hydrogens (primary N) is 1. The van der Waals surface area contributed by atoms with Gasteiger partial charge in [-0.3, -0.25) is 0 Å². The third kappa shape index (κ3) is 5.73. The number of nitrogens with zero attached hydrogens (tertiary/aromatic N) is 1. The molecule has 40 heavy (non-hydrogen) atoms. The maximum atomic E-state index is 5.96. The molecular weight excluding hydrogens is 512 g/mol. The normalized spacial score (nSPS) is 11.4. The number of hydrogen-bond acceptors (Lipinski definition) is 8. The van der Waals surface area contributed by atoms with Crippen molar-refractivity contribution in [3.05, 3.63) is 35.7 Å². The molecule has 0 aliphatic rings. The highest BCUT2D eigenvalue weighted by molar-refractivity contribution is 5.96. The van der Waals surface area contributed by atoms with Crippen LogP contribution in [0.3, 0.4) is 0 Å². The standard InChI is InChI=1S/C30H42N4O6/c1-35-23-13-11-19-25(29(23)39-5)27(37-3)21(32-19)9-7-16-34(18-15-31)17-8-10-22-28(38-4)26-20(33-22)12-14-24(36-2)30(26)40-6/h11-14,32-33H,7-10,15-18,31H2,1-6H3. The number of nitrogens with one attached hydrogen (secondary N) is 2. The Bertz CT molecular complexity index is 1310. The Hall–Kier alpha value is -3.76. The fraction of sp³-hybridized carbons (Fsp3) is 0.467. The lowest BCUT2D eigenvalue weighted by Gasteiger charge is -2.21. The summed E-state index contributed by atoms with van der Waals surface area (Å²) in [4.78, 5) is 9.44. The van der Waals surface area contributed by atoms with Crippen molar-refractivity contribution in [2.75, 3.05) is 68.8 Å². The van der Waals surface area contributed by atoms with Crippen LogP contribution in [0.15, 0.2) is 24.3 Å². The zero-order valence-electron chi connectivity index (χ0n) is 24.4. The zero-order valence-corrected chi connectivity index (χ0v) is 24.4. The highest BCUT2D eigenvalue weighted by atomic mass is 16.5. The highest BCUT2D eigenvalue weighted by Crippen LogP contribution is 2.44. The van der Waals surface area contributed by atoms with Gasteiger partial charge in [0.15, 0.2) is 34.5 Å². The van der Waals surface area contributed by atoms with E-state index in [1.54, 1.807) is 42.7 Å². The van der Waals surface area contributed by atoms with Gasteiger partial charge in [-0.1, -0.05) is 0 Å². The molecule has 0 saturated carbocycles. The minimum atomic E-state index is 0.611. The molecule has 2 aromatic heterocycles. The smallest absolute Gasteiger partial charge is 0.173 e. The number of H-pyrrole nitrogens is 2. The lowest BCUT2D eigenvalue weighted by Crippen LogP contribution is -2.32. The fourth-order valence-corrected chi connectivity index (χ4v) is 5.53. The Morgan fingerprint density at radius 3 is 1.35 bits per heavy atom. The third-order valence-electron chi connectivity index (χ3n) is 7.32. The van der Waals surface area contributed by atoms with E-state index in [-0.39, 0.29) is 0 Å². The molecule has 2 aromatic carbocycles. The quantitative estimate of drug-likeness (QED) is 0.185. The van der Waals surface area contributed by atoms with Gasteiger partial charge in [-0.25, -0.2) is 0 Å². The first kappa shape index (κ1) is 29.2. The molecular formula is C30H42N4O6. The number of fused-ring (bicyclic) bond motifs is 2. The van der Waals surface area contributed by atoms with Gasteiger partial charge in [-0.15, -0.1) is 0 Å². The molecule has 0 unspecified atom stereocenters.